The molecule has 2 fully saturated rings. The van der Waals surface area contributed by atoms with E-state index in [-0.39, 0.29) is 5.91 Å². The third-order valence-corrected chi connectivity index (χ3v) is 3.88. The molecule has 0 aromatic rings. The second kappa shape index (κ2) is 4.97. The predicted molar refractivity (Wildman–Crippen MR) is 67.6 cm³/mol. The van der Waals surface area contributed by atoms with Crippen LogP contribution in [0.15, 0.2) is 0 Å². The lowest BCUT2D eigenvalue weighted by Crippen LogP contribution is -2.41. The van der Waals surface area contributed by atoms with Crippen LogP contribution >= 0.6 is 0 Å². The van der Waals surface area contributed by atoms with Crippen LogP contribution in [0.1, 0.15) is 58.8 Å². The summed E-state index contributed by atoms with van der Waals surface area (Å²) in [6, 6.07) is 0.468. The summed E-state index contributed by atoms with van der Waals surface area (Å²) in [6.07, 6.45) is 6.39. The maximum absolute atomic E-state index is 12.3. The molecule has 3 nitrogen and oxygen atoms in total. The Labute approximate surface area is 104 Å². The van der Waals surface area contributed by atoms with Gasteiger partial charge in [0, 0.05) is 12.6 Å². The van der Waals surface area contributed by atoms with Gasteiger partial charge in [0.05, 0.1) is 12.0 Å². The van der Waals surface area contributed by atoms with Gasteiger partial charge in [-0.2, -0.15) is 0 Å². The fraction of sp³-hybridized carbons (Fsp3) is 0.929. The largest absolute Gasteiger partial charge is 0.389 e. The van der Waals surface area contributed by atoms with E-state index in [2.05, 4.69) is 13.8 Å². The Hall–Kier alpha value is -0.570. The first-order valence-electron chi connectivity index (χ1n) is 7.02. The summed E-state index contributed by atoms with van der Waals surface area (Å²) in [7, 11) is 0. The van der Waals surface area contributed by atoms with Crippen molar-refractivity contribution >= 4 is 5.91 Å². The number of nitrogens with zero attached hydrogens (tertiary/aromatic N) is 1. The number of carbonyl (C=O) groups excluding carboxylic acids is 1. The second-order valence-corrected chi connectivity index (χ2v) is 6.28. The highest BCUT2D eigenvalue weighted by atomic mass is 16.3. The Kier molecular flexibility index (Phi) is 3.76. The van der Waals surface area contributed by atoms with Crippen LogP contribution in [-0.4, -0.2) is 34.1 Å². The number of aliphatic hydroxyl groups is 1. The minimum atomic E-state index is -0.693. The maximum Gasteiger partial charge on any atom is 0.225 e. The van der Waals surface area contributed by atoms with E-state index in [0.29, 0.717) is 18.4 Å². The molecule has 0 atom stereocenters. The van der Waals surface area contributed by atoms with Gasteiger partial charge in [0.25, 0.3) is 0 Å². The Balaban J connectivity index is 1.91. The summed E-state index contributed by atoms with van der Waals surface area (Å²) < 4.78 is 0. The van der Waals surface area contributed by atoms with Gasteiger partial charge in [-0.25, -0.2) is 0 Å². The summed E-state index contributed by atoms with van der Waals surface area (Å²) >= 11 is 0. The van der Waals surface area contributed by atoms with Crippen LogP contribution in [0.3, 0.4) is 0 Å². The van der Waals surface area contributed by atoms with Crippen LogP contribution in [0.2, 0.25) is 0 Å². The first-order valence-corrected chi connectivity index (χ1v) is 7.02. The number of amides is 1. The van der Waals surface area contributed by atoms with E-state index in [9.17, 15) is 9.90 Å². The van der Waals surface area contributed by atoms with E-state index in [1.807, 2.05) is 4.90 Å². The molecule has 2 aliphatic carbocycles. The molecule has 0 bridgehead atoms. The fourth-order valence-electron chi connectivity index (χ4n) is 2.83. The van der Waals surface area contributed by atoms with E-state index in [0.717, 1.165) is 45.1 Å². The van der Waals surface area contributed by atoms with Gasteiger partial charge in [0.15, 0.2) is 0 Å². The molecular formula is C14H25NO2. The van der Waals surface area contributed by atoms with Crippen molar-refractivity contribution in [2.75, 3.05) is 6.54 Å². The minimum absolute atomic E-state index is 0.172. The zero-order valence-electron chi connectivity index (χ0n) is 11.1. The van der Waals surface area contributed by atoms with Crippen molar-refractivity contribution in [3.8, 4) is 0 Å². The third kappa shape index (κ3) is 3.44. The molecule has 0 heterocycles. The van der Waals surface area contributed by atoms with Crippen LogP contribution < -0.4 is 0 Å². The van der Waals surface area contributed by atoms with E-state index >= 15 is 0 Å². The molecule has 0 radical (unpaired) electrons. The Bertz CT molecular complexity index is 278. The maximum atomic E-state index is 12.3. The molecule has 0 aliphatic heterocycles. The van der Waals surface area contributed by atoms with Crippen molar-refractivity contribution in [3.05, 3.63) is 0 Å². The zero-order chi connectivity index (χ0) is 12.5. The summed E-state index contributed by atoms with van der Waals surface area (Å²) in [5.74, 6) is 0.684. The molecule has 0 aromatic carbocycles. The summed E-state index contributed by atoms with van der Waals surface area (Å²) in [5, 5.41) is 10.3. The normalized spacial score (nSPS) is 23.1. The van der Waals surface area contributed by atoms with Gasteiger partial charge in [0.2, 0.25) is 5.91 Å². The highest BCUT2D eigenvalue weighted by Gasteiger charge is 2.38. The second-order valence-electron chi connectivity index (χ2n) is 6.28. The lowest BCUT2D eigenvalue weighted by Gasteiger charge is -2.29. The Morgan fingerprint density at radius 3 is 2.41 bits per heavy atom. The van der Waals surface area contributed by atoms with Crippen LogP contribution in [0.5, 0.6) is 0 Å². The van der Waals surface area contributed by atoms with E-state index < -0.39 is 5.60 Å². The molecule has 98 valence electrons. The lowest BCUT2D eigenvalue weighted by molar-refractivity contribution is -0.137. The molecular weight excluding hydrogens is 214 g/mol. The number of hydrogen-bond acceptors (Lipinski definition) is 2. The molecule has 0 unspecified atom stereocenters. The molecule has 17 heavy (non-hydrogen) atoms. The first kappa shape index (κ1) is 12.9. The molecule has 0 aromatic heterocycles. The third-order valence-electron chi connectivity index (χ3n) is 3.88. The molecule has 2 saturated carbocycles. The van der Waals surface area contributed by atoms with Gasteiger partial charge in [-0.1, -0.05) is 26.7 Å². The zero-order valence-corrected chi connectivity index (χ0v) is 11.1. The van der Waals surface area contributed by atoms with E-state index in [4.69, 9.17) is 0 Å². The molecule has 3 heteroatoms. The van der Waals surface area contributed by atoms with Crippen molar-refractivity contribution in [1.29, 1.82) is 0 Å². The average Bonchev–Trinajstić information content (AvgIpc) is 2.98. The molecule has 0 saturated heterocycles. The van der Waals surface area contributed by atoms with E-state index in [1.54, 1.807) is 0 Å². The monoisotopic (exact) mass is 239 g/mol. The lowest BCUT2D eigenvalue weighted by atomic mass is 9.97. The highest BCUT2D eigenvalue weighted by Crippen LogP contribution is 2.35. The molecule has 2 aliphatic rings. The Morgan fingerprint density at radius 1 is 1.35 bits per heavy atom. The fourth-order valence-corrected chi connectivity index (χ4v) is 2.83. The average molecular weight is 239 g/mol. The standard InChI is InChI=1S/C14H25NO2/c1-11(2)10-15(12-5-6-12)13(16)9-14(17)7-3-4-8-14/h11-12,17H,3-10H2,1-2H3. The van der Waals surface area contributed by atoms with Crippen LogP contribution in [-0.2, 0) is 4.79 Å². The summed E-state index contributed by atoms with van der Waals surface area (Å²) in [6.45, 7) is 5.14. The van der Waals surface area contributed by atoms with Gasteiger partial charge < -0.3 is 10.0 Å². The minimum Gasteiger partial charge on any atom is -0.389 e. The summed E-state index contributed by atoms with van der Waals surface area (Å²) in [5.41, 5.74) is -0.693. The first-order chi connectivity index (χ1) is 8.00. The van der Waals surface area contributed by atoms with Gasteiger partial charge >= 0.3 is 0 Å². The van der Waals surface area contributed by atoms with E-state index in [1.165, 1.54) is 0 Å². The van der Waals surface area contributed by atoms with Crippen molar-refractivity contribution in [3.63, 3.8) is 0 Å². The Morgan fingerprint density at radius 2 is 1.94 bits per heavy atom. The van der Waals surface area contributed by atoms with Gasteiger partial charge in [-0.15, -0.1) is 0 Å². The SMILES string of the molecule is CC(C)CN(C(=O)CC1(O)CCCC1)C1CC1. The number of hydrogen-bond donors (Lipinski definition) is 1. The van der Waals surface area contributed by atoms with Crippen molar-refractivity contribution < 1.29 is 9.90 Å². The number of carbonyl (C=O) groups is 1. The smallest absolute Gasteiger partial charge is 0.225 e. The van der Waals surface area contributed by atoms with Crippen molar-refractivity contribution in [2.24, 2.45) is 5.92 Å². The van der Waals surface area contributed by atoms with Crippen LogP contribution in [0.4, 0.5) is 0 Å². The molecule has 1 amide bonds. The predicted octanol–water partition coefficient (Wildman–Crippen LogP) is 2.33. The van der Waals surface area contributed by atoms with Crippen LogP contribution in [0.25, 0.3) is 0 Å². The molecule has 0 spiro atoms. The van der Waals surface area contributed by atoms with Gasteiger partial charge in [0.1, 0.15) is 0 Å². The van der Waals surface area contributed by atoms with Crippen LogP contribution in [0, 0.1) is 5.92 Å². The topological polar surface area (TPSA) is 40.5 Å². The molecule has 2 rings (SSSR count). The number of rotatable bonds is 5. The quantitative estimate of drug-likeness (QED) is 0.800. The van der Waals surface area contributed by atoms with Gasteiger partial charge in [-0.05, 0) is 31.6 Å². The summed E-state index contributed by atoms with van der Waals surface area (Å²) in [4.78, 5) is 14.3. The van der Waals surface area contributed by atoms with Gasteiger partial charge in [-0.3, -0.25) is 4.79 Å². The van der Waals surface area contributed by atoms with Crippen molar-refractivity contribution in [2.45, 2.75) is 70.4 Å². The highest BCUT2D eigenvalue weighted by molar-refractivity contribution is 5.78. The van der Waals surface area contributed by atoms with Crippen molar-refractivity contribution in [1.82, 2.24) is 4.90 Å². The molecule has 1 N–H and O–H groups in total.